The lowest BCUT2D eigenvalue weighted by atomic mass is 9.79. The maximum Gasteiger partial charge on any atom is 0.303 e. The molecule has 1 N–H and O–H groups in total. The van der Waals surface area contributed by atoms with Gasteiger partial charge in [-0.05, 0) is 61.9 Å². The highest BCUT2D eigenvalue weighted by atomic mass is 35.5. The molecule has 1 saturated heterocycles. The van der Waals surface area contributed by atoms with E-state index >= 15 is 4.39 Å². The van der Waals surface area contributed by atoms with Crippen molar-refractivity contribution in [2.75, 3.05) is 32.5 Å². The molecule has 39 heavy (non-hydrogen) atoms. The van der Waals surface area contributed by atoms with Crippen molar-refractivity contribution in [3.63, 3.8) is 0 Å². The Morgan fingerprint density at radius 2 is 2.05 bits per heavy atom. The molecular weight excluding hydrogens is 556 g/mol. The Kier molecular flexibility index (Phi) is 9.96. The highest BCUT2D eigenvalue weighted by Gasteiger charge is 2.32. The van der Waals surface area contributed by atoms with Crippen LogP contribution in [0.25, 0.3) is 10.9 Å². The molecule has 1 aliphatic rings. The van der Waals surface area contributed by atoms with E-state index in [0.29, 0.717) is 66.5 Å². The van der Waals surface area contributed by atoms with Gasteiger partial charge < -0.3 is 14.7 Å². The van der Waals surface area contributed by atoms with Crippen LogP contribution in [0.4, 0.5) is 17.6 Å². The SMILES string of the molecule is COc1ccc2ncc(Cl)c([C@H](F)CCC3CCN(CCSc4cc(F)cc(F)c4F)CC3CC(=O)O)c2c1. The first-order chi connectivity index (χ1) is 18.7. The van der Waals surface area contributed by atoms with Crippen molar-refractivity contribution in [2.45, 2.75) is 36.8 Å². The standard InChI is InChI=1S/C28H29ClF4N2O3S/c1-38-19-3-5-24-20(13-19)27(21(29)14-34-24)22(31)4-2-16-6-7-35(15-17(16)10-26(36)37)8-9-39-25-12-18(30)11-23(32)28(25)33/h3,5,11-14,16-17,22H,2,4,6-10,15H2,1H3,(H,36,37)/t16?,17?,22-/m1/s1. The molecule has 2 aromatic carbocycles. The maximum absolute atomic E-state index is 15.6. The number of thioether (sulfide) groups is 1. The van der Waals surface area contributed by atoms with Gasteiger partial charge in [0.05, 0.1) is 17.6 Å². The van der Waals surface area contributed by atoms with Gasteiger partial charge in [0.2, 0.25) is 0 Å². The predicted octanol–water partition coefficient (Wildman–Crippen LogP) is 7.31. The summed E-state index contributed by atoms with van der Waals surface area (Å²) in [6.07, 6.45) is 1.36. The minimum atomic E-state index is -1.36. The van der Waals surface area contributed by atoms with Gasteiger partial charge in [-0.15, -0.1) is 11.8 Å². The second kappa shape index (κ2) is 13.2. The number of nitrogens with zero attached hydrogens (tertiary/aromatic N) is 2. The zero-order chi connectivity index (χ0) is 28.1. The molecule has 0 aliphatic carbocycles. The van der Waals surface area contributed by atoms with E-state index in [-0.39, 0.29) is 34.6 Å². The lowest BCUT2D eigenvalue weighted by Gasteiger charge is -2.38. The zero-order valence-electron chi connectivity index (χ0n) is 21.3. The van der Waals surface area contributed by atoms with Crippen LogP contribution in [0.1, 0.15) is 37.4 Å². The molecule has 1 aliphatic heterocycles. The molecule has 2 heterocycles. The molecule has 0 saturated carbocycles. The van der Waals surface area contributed by atoms with E-state index in [1.165, 1.54) is 13.3 Å². The summed E-state index contributed by atoms with van der Waals surface area (Å²) in [6, 6.07) is 6.67. The first-order valence-corrected chi connectivity index (χ1v) is 14.0. The summed E-state index contributed by atoms with van der Waals surface area (Å²) in [5, 5.41) is 10.3. The second-order valence-electron chi connectivity index (χ2n) is 9.70. The Bertz CT molecular complexity index is 1330. The number of alkyl halides is 1. The number of piperidine rings is 1. The summed E-state index contributed by atoms with van der Waals surface area (Å²) in [7, 11) is 1.53. The normalized spacial score (nSPS) is 18.8. The largest absolute Gasteiger partial charge is 0.497 e. The van der Waals surface area contributed by atoms with Gasteiger partial charge in [0, 0.05) is 53.4 Å². The molecule has 0 radical (unpaired) electrons. The van der Waals surface area contributed by atoms with Crippen LogP contribution in [-0.4, -0.2) is 53.5 Å². The van der Waals surface area contributed by atoms with Gasteiger partial charge >= 0.3 is 5.97 Å². The molecule has 11 heteroatoms. The van der Waals surface area contributed by atoms with E-state index in [4.69, 9.17) is 16.3 Å². The van der Waals surface area contributed by atoms with E-state index in [1.807, 2.05) is 0 Å². The number of ether oxygens (including phenoxy) is 1. The smallest absolute Gasteiger partial charge is 0.303 e. The van der Waals surface area contributed by atoms with Crippen molar-refractivity contribution in [3.8, 4) is 5.75 Å². The first-order valence-electron chi connectivity index (χ1n) is 12.6. The molecule has 0 spiro atoms. The molecular formula is C28H29ClF4N2O3S. The number of fused-ring (bicyclic) bond motifs is 1. The number of halogens is 5. The van der Waals surface area contributed by atoms with Crippen LogP contribution in [0, 0.1) is 29.3 Å². The van der Waals surface area contributed by atoms with E-state index in [1.54, 1.807) is 18.2 Å². The van der Waals surface area contributed by atoms with E-state index < -0.39 is 29.6 Å². The molecule has 0 amide bonds. The third-order valence-electron chi connectivity index (χ3n) is 7.21. The van der Waals surface area contributed by atoms with Crippen molar-refractivity contribution in [3.05, 3.63) is 64.6 Å². The summed E-state index contributed by atoms with van der Waals surface area (Å²) < 4.78 is 61.8. The Hall–Kier alpha value is -2.56. The number of carbonyl (C=O) groups is 1. The number of likely N-dealkylation sites (tertiary alicyclic amines) is 1. The molecule has 5 nitrogen and oxygen atoms in total. The number of methoxy groups -OCH3 is 1. The fourth-order valence-electron chi connectivity index (χ4n) is 5.23. The topological polar surface area (TPSA) is 62.7 Å². The third-order valence-corrected chi connectivity index (χ3v) is 8.51. The summed E-state index contributed by atoms with van der Waals surface area (Å²) >= 11 is 7.37. The number of aromatic nitrogens is 1. The Balaban J connectivity index is 1.38. The average molecular weight is 585 g/mol. The Labute approximate surface area is 233 Å². The molecule has 4 rings (SSSR count). The van der Waals surface area contributed by atoms with Crippen LogP contribution < -0.4 is 4.74 Å². The number of benzene rings is 2. The molecule has 3 aromatic rings. The molecule has 3 atom stereocenters. The number of hydrogen-bond acceptors (Lipinski definition) is 5. The monoisotopic (exact) mass is 584 g/mol. The lowest BCUT2D eigenvalue weighted by Crippen LogP contribution is -2.42. The predicted molar refractivity (Wildman–Crippen MR) is 144 cm³/mol. The van der Waals surface area contributed by atoms with Crippen LogP contribution in [0.2, 0.25) is 5.02 Å². The van der Waals surface area contributed by atoms with Crippen LogP contribution in [-0.2, 0) is 4.79 Å². The molecule has 1 aromatic heterocycles. The number of hydrogen-bond donors (Lipinski definition) is 1. The van der Waals surface area contributed by atoms with Gasteiger partial charge in [-0.25, -0.2) is 17.6 Å². The lowest BCUT2D eigenvalue weighted by molar-refractivity contribution is -0.139. The van der Waals surface area contributed by atoms with Crippen molar-refractivity contribution in [2.24, 2.45) is 11.8 Å². The van der Waals surface area contributed by atoms with Crippen LogP contribution in [0.3, 0.4) is 0 Å². The summed E-state index contributed by atoms with van der Waals surface area (Å²) in [5.41, 5.74) is 0.958. The van der Waals surface area contributed by atoms with Gasteiger partial charge in [-0.2, -0.15) is 0 Å². The van der Waals surface area contributed by atoms with Crippen molar-refractivity contribution in [1.82, 2.24) is 9.88 Å². The van der Waals surface area contributed by atoms with Gasteiger partial charge in [0.15, 0.2) is 11.6 Å². The number of pyridine rings is 1. The van der Waals surface area contributed by atoms with E-state index in [9.17, 15) is 23.1 Å². The third kappa shape index (κ3) is 7.35. The summed E-state index contributed by atoms with van der Waals surface area (Å²) in [5.74, 6) is -3.32. The van der Waals surface area contributed by atoms with E-state index in [0.717, 1.165) is 17.8 Å². The number of carboxylic acid groups (broad SMARTS) is 1. The fraction of sp³-hybridized carbons (Fsp3) is 0.429. The molecule has 2 unspecified atom stereocenters. The molecule has 1 fully saturated rings. The average Bonchev–Trinajstić information content (AvgIpc) is 2.90. The Morgan fingerprint density at radius 1 is 1.26 bits per heavy atom. The first kappa shape index (κ1) is 29.4. The Morgan fingerprint density at radius 3 is 2.79 bits per heavy atom. The van der Waals surface area contributed by atoms with Gasteiger partial charge in [-0.1, -0.05) is 11.6 Å². The minimum absolute atomic E-state index is 0.000532. The quantitative estimate of drug-likeness (QED) is 0.145. The number of aliphatic carboxylic acids is 1. The summed E-state index contributed by atoms with van der Waals surface area (Å²) in [4.78, 5) is 17.8. The van der Waals surface area contributed by atoms with Gasteiger partial charge in [0.1, 0.15) is 17.7 Å². The summed E-state index contributed by atoms with van der Waals surface area (Å²) in [6.45, 7) is 1.65. The number of rotatable bonds is 11. The van der Waals surface area contributed by atoms with Crippen molar-refractivity contribution < 1.29 is 32.2 Å². The number of carboxylic acids is 1. The van der Waals surface area contributed by atoms with E-state index in [2.05, 4.69) is 9.88 Å². The zero-order valence-corrected chi connectivity index (χ0v) is 22.9. The van der Waals surface area contributed by atoms with Crippen molar-refractivity contribution >= 4 is 40.2 Å². The van der Waals surface area contributed by atoms with Gasteiger partial charge in [0.25, 0.3) is 0 Å². The van der Waals surface area contributed by atoms with Gasteiger partial charge in [-0.3, -0.25) is 9.78 Å². The fourth-order valence-corrected chi connectivity index (χ4v) is 6.49. The maximum atomic E-state index is 15.6. The highest BCUT2D eigenvalue weighted by molar-refractivity contribution is 7.99. The molecule has 210 valence electrons. The van der Waals surface area contributed by atoms with Crippen LogP contribution >= 0.6 is 23.4 Å². The minimum Gasteiger partial charge on any atom is -0.497 e. The highest BCUT2D eigenvalue weighted by Crippen LogP contribution is 2.39. The molecule has 0 bridgehead atoms. The van der Waals surface area contributed by atoms with Crippen LogP contribution in [0.5, 0.6) is 5.75 Å². The second-order valence-corrected chi connectivity index (χ2v) is 11.2. The van der Waals surface area contributed by atoms with Crippen molar-refractivity contribution in [1.29, 1.82) is 0 Å². The van der Waals surface area contributed by atoms with Crippen LogP contribution in [0.15, 0.2) is 41.4 Å².